The second-order valence-electron chi connectivity index (χ2n) is 9.18. The average Bonchev–Trinajstić information content (AvgIpc) is 2.97. The number of carboxylic acid groups (broad SMARTS) is 2. The lowest BCUT2D eigenvalue weighted by Crippen LogP contribution is -2.41. The topological polar surface area (TPSA) is 236 Å². The van der Waals surface area contributed by atoms with E-state index >= 15 is 0 Å². The largest absolute Gasteiger partial charge is 0.480 e. The lowest BCUT2D eigenvalue weighted by molar-refractivity contribution is -0.139. The van der Waals surface area contributed by atoms with Gasteiger partial charge in [-0.3, -0.25) is 9.59 Å². The molecule has 2 amide bonds. The molecule has 42 heavy (non-hydrogen) atoms. The molecule has 0 aliphatic rings. The van der Waals surface area contributed by atoms with Gasteiger partial charge in [0.15, 0.2) is 5.82 Å². The summed E-state index contributed by atoms with van der Waals surface area (Å²) >= 11 is 0. The SMILES string of the molecule is Nc1nc(N)c2nc(CNc3ccc(C(=O)N[C@@H](CCCNC(=O)c4ccccc4C(=O)O)C(=O)O)cc3)ccc2n1. The summed E-state index contributed by atoms with van der Waals surface area (Å²) < 4.78 is 0. The highest BCUT2D eigenvalue weighted by atomic mass is 16.4. The first kappa shape index (κ1) is 29.2. The molecule has 9 N–H and O–H groups in total. The number of carboxylic acids is 2. The Morgan fingerprint density at radius 1 is 0.833 bits per heavy atom. The van der Waals surface area contributed by atoms with Gasteiger partial charge in [0.2, 0.25) is 5.95 Å². The molecule has 14 nitrogen and oxygen atoms in total. The maximum Gasteiger partial charge on any atom is 0.336 e. The third kappa shape index (κ3) is 7.24. The minimum Gasteiger partial charge on any atom is -0.480 e. The monoisotopic (exact) mass is 572 g/mol. The highest BCUT2D eigenvalue weighted by Gasteiger charge is 2.21. The molecule has 2 aromatic heterocycles. The van der Waals surface area contributed by atoms with Crippen molar-refractivity contribution in [1.29, 1.82) is 0 Å². The lowest BCUT2D eigenvalue weighted by atomic mass is 10.1. The molecule has 0 aliphatic carbocycles. The van der Waals surface area contributed by atoms with Crippen molar-refractivity contribution in [2.45, 2.75) is 25.4 Å². The zero-order chi connectivity index (χ0) is 30.2. The molecule has 0 saturated heterocycles. The number of nitrogens with one attached hydrogen (secondary N) is 3. The number of hydrogen-bond donors (Lipinski definition) is 7. The van der Waals surface area contributed by atoms with Crippen LogP contribution in [-0.4, -0.2) is 61.5 Å². The number of carbonyl (C=O) groups excluding carboxylic acids is 2. The molecule has 0 bridgehead atoms. The number of nitrogen functional groups attached to an aromatic ring is 2. The van der Waals surface area contributed by atoms with E-state index in [1.807, 2.05) is 0 Å². The molecular weight excluding hydrogens is 544 g/mol. The van der Waals surface area contributed by atoms with Crippen molar-refractivity contribution in [3.05, 3.63) is 83.0 Å². The molecule has 4 rings (SSSR count). The Hall–Kier alpha value is -5.79. The summed E-state index contributed by atoms with van der Waals surface area (Å²) in [6.07, 6.45) is 0.275. The second kappa shape index (κ2) is 13.0. The van der Waals surface area contributed by atoms with Crippen molar-refractivity contribution in [2.75, 3.05) is 23.3 Å². The fourth-order valence-corrected chi connectivity index (χ4v) is 4.10. The number of pyridine rings is 1. The number of amides is 2. The Morgan fingerprint density at radius 3 is 2.24 bits per heavy atom. The van der Waals surface area contributed by atoms with Crippen LogP contribution in [0.4, 0.5) is 17.5 Å². The van der Waals surface area contributed by atoms with Crippen LogP contribution in [0.3, 0.4) is 0 Å². The molecule has 4 aromatic rings. The van der Waals surface area contributed by atoms with Crippen LogP contribution in [0, 0.1) is 0 Å². The van der Waals surface area contributed by atoms with E-state index in [0.29, 0.717) is 29.0 Å². The number of aromatic nitrogens is 3. The van der Waals surface area contributed by atoms with E-state index in [9.17, 15) is 29.4 Å². The van der Waals surface area contributed by atoms with Crippen molar-refractivity contribution >= 4 is 52.2 Å². The minimum absolute atomic E-state index is 0.00413. The maximum atomic E-state index is 12.7. The first-order chi connectivity index (χ1) is 20.1. The van der Waals surface area contributed by atoms with E-state index in [0.717, 1.165) is 0 Å². The van der Waals surface area contributed by atoms with E-state index in [4.69, 9.17) is 11.5 Å². The molecular formula is C28H28N8O6. The van der Waals surface area contributed by atoms with Crippen LogP contribution in [0.2, 0.25) is 0 Å². The zero-order valence-corrected chi connectivity index (χ0v) is 22.2. The van der Waals surface area contributed by atoms with Crippen molar-refractivity contribution < 1.29 is 29.4 Å². The Bertz CT molecular complexity index is 1640. The molecule has 0 saturated carbocycles. The number of anilines is 3. The number of rotatable bonds is 12. The first-order valence-corrected chi connectivity index (χ1v) is 12.8. The molecule has 2 aromatic carbocycles. The van der Waals surface area contributed by atoms with Crippen LogP contribution in [-0.2, 0) is 11.3 Å². The Morgan fingerprint density at radius 2 is 1.55 bits per heavy atom. The van der Waals surface area contributed by atoms with Gasteiger partial charge in [-0.05, 0) is 61.4 Å². The summed E-state index contributed by atoms with van der Waals surface area (Å²) in [5.41, 5.74) is 14.0. The van der Waals surface area contributed by atoms with E-state index in [-0.39, 0.29) is 47.8 Å². The van der Waals surface area contributed by atoms with Gasteiger partial charge < -0.3 is 37.6 Å². The lowest BCUT2D eigenvalue weighted by Gasteiger charge is -2.15. The summed E-state index contributed by atoms with van der Waals surface area (Å²) in [5, 5.41) is 27.1. The number of hydrogen-bond acceptors (Lipinski definition) is 10. The molecule has 0 aliphatic heterocycles. The Balaban J connectivity index is 1.27. The number of nitrogens with two attached hydrogens (primary N) is 2. The average molecular weight is 573 g/mol. The van der Waals surface area contributed by atoms with Gasteiger partial charge in [-0.1, -0.05) is 12.1 Å². The summed E-state index contributed by atoms with van der Waals surface area (Å²) in [7, 11) is 0. The van der Waals surface area contributed by atoms with Crippen LogP contribution < -0.4 is 27.4 Å². The van der Waals surface area contributed by atoms with E-state index < -0.39 is 29.8 Å². The highest BCUT2D eigenvalue weighted by molar-refractivity contribution is 6.04. The van der Waals surface area contributed by atoms with Crippen LogP contribution in [0.15, 0.2) is 60.7 Å². The maximum absolute atomic E-state index is 12.7. The summed E-state index contributed by atoms with van der Waals surface area (Å²) in [5.74, 6) is -3.36. The summed E-state index contributed by atoms with van der Waals surface area (Å²) in [6.45, 7) is 0.442. The van der Waals surface area contributed by atoms with Crippen molar-refractivity contribution in [3.8, 4) is 0 Å². The van der Waals surface area contributed by atoms with Gasteiger partial charge >= 0.3 is 11.9 Å². The summed E-state index contributed by atoms with van der Waals surface area (Å²) in [4.78, 5) is 60.6. The zero-order valence-electron chi connectivity index (χ0n) is 22.2. The minimum atomic E-state index is -1.23. The van der Waals surface area contributed by atoms with Crippen molar-refractivity contribution in [1.82, 2.24) is 25.6 Å². The number of nitrogens with zero attached hydrogens (tertiary/aromatic N) is 3. The molecule has 0 spiro atoms. The molecule has 0 fully saturated rings. The van der Waals surface area contributed by atoms with E-state index in [2.05, 4.69) is 30.9 Å². The smallest absolute Gasteiger partial charge is 0.336 e. The fraction of sp³-hybridized carbons (Fsp3) is 0.179. The number of carbonyl (C=O) groups is 4. The van der Waals surface area contributed by atoms with Gasteiger partial charge in [0.25, 0.3) is 11.8 Å². The van der Waals surface area contributed by atoms with Gasteiger partial charge in [0, 0.05) is 17.8 Å². The van der Waals surface area contributed by atoms with Gasteiger partial charge in [0.1, 0.15) is 11.6 Å². The van der Waals surface area contributed by atoms with Crippen molar-refractivity contribution in [3.63, 3.8) is 0 Å². The molecule has 216 valence electrons. The fourth-order valence-electron chi connectivity index (χ4n) is 4.10. The van der Waals surface area contributed by atoms with Gasteiger partial charge in [0.05, 0.1) is 28.9 Å². The van der Waals surface area contributed by atoms with Crippen LogP contribution in [0.1, 0.15) is 49.6 Å². The number of benzene rings is 2. The number of fused-ring (bicyclic) bond motifs is 1. The third-order valence-corrected chi connectivity index (χ3v) is 6.23. The normalized spacial score (nSPS) is 11.4. The molecule has 2 heterocycles. The Kier molecular flexibility index (Phi) is 9.07. The standard InChI is InChI=1S/C28H28N8O6/c29-23-22-20(35-28(30)36-23)12-11-17(33-22)14-32-16-9-7-15(8-10-16)24(37)34-21(27(41)42)6-3-13-31-25(38)18-4-1-2-5-19(18)26(39)40/h1-2,4-5,7-12,21,32H,3,6,13-14H2,(H,31,38)(H,34,37)(H,39,40)(H,41,42)(H4,29,30,35,36)/t21-/m0/s1. The quantitative estimate of drug-likeness (QED) is 0.121. The van der Waals surface area contributed by atoms with Crippen molar-refractivity contribution in [2.24, 2.45) is 0 Å². The second-order valence-corrected chi connectivity index (χ2v) is 9.18. The molecule has 14 heteroatoms. The molecule has 0 unspecified atom stereocenters. The first-order valence-electron chi connectivity index (χ1n) is 12.8. The predicted molar refractivity (Wildman–Crippen MR) is 154 cm³/mol. The van der Waals surface area contributed by atoms with Crippen LogP contribution >= 0.6 is 0 Å². The molecule has 0 radical (unpaired) electrons. The van der Waals surface area contributed by atoms with Crippen LogP contribution in [0.25, 0.3) is 11.0 Å². The third-order valence-electron chi connectivity index (χ3n) is 6.23. The van der Waals surface area contributed by atoms with Gasteiger partial charge in [-0.15, -0.1) is 0 Å². The van der Waals surface area contributed by atoms with Gasteiger partial charge in [-0.2, -0.15) is 4.98 Å². The Labute approximate surface area is 239 Å². The van der Waals surface area contributed by atoms with Gasteiger partial charge in [-0.25, -0.2) is 19.6 Å². The molecule has 1 atom stereocenters. The number of aliphatic carboxylic acids is 1. The number of aromatic carboxylic acids is 1. The predicted octanol–water partition coefficient (Wildman–Crippen LogP) is 1.89. The van der Waals surface area contributed by atoms with Crippen LogP contribution in [0.5, 0.6) is 0 Å². The highest BCUT2D eigenvalue weighted by Crippen LogP contribution is 2.18. The van der Waals surface area contributed by atoms with E-state index in [1.54, 1.807) is 42.5 Å². The summed E-state index contributed by atoms with van der Waals surface area (Å²) in [6, 6.07) is 14.6. The van der Waals surface area contributed by atoms with E-state index in [1.165, 1.54) is 18.2 Å².